The molecule has 2 amide bonds. The Labute approximate surface area is 147 Å². The van der Waals surface area contributed by atoms with Crippen LogP contribution in [0.5, 0.6) is 0 Å². The Kier molecular flexibility index (Phi) is 4.45. The van der Waals surface area contributed by atoms with Gasteiger partial charge in [-0.1, -0.05) is 17.7 Å². The summed E-state index contributed by atoms with van der Waals surface area (Å²) in [4.78, 5) is 35.7. The summed E-state index contributed by atoms with van der Waals surface area (Å²) in [7, 11) is 0. The third-order valence-corrected chi connectivity index (χ3v) is 4.46. The van der Waals surface area contributed by atoms with Crippen molar-refractivity contribution in [2.45, 2.75) is 6.92 Å². The van der Waals surface area contributed by atoms with E-state index in [0.717, 1.165) is 11.6 Å². The molecular formula is C16H14ClN3O5. The molecule has 0 aliphatic carbocycles. The molecule has 0 bridgehead atoms. The van der Waals surface area contributed by atoms with Gasteiger partial charge in [-0.3, -0.25) is 19.7 Å². The molecule has 3 rings (SSSR count). The summed E-state index contributed by atoms with van der Waals surface area (Å²) in [5, 5.41) is 13.9. The summed E-state index contributed by atoms with van der Waals surface area (Å²) >= 11 is 6.02. The van der Waals surface area contributed by atoms with Gasteiger partial charge in [-0.2, -0.15) is 0 Å². The van der Waals surface area contributed by atoms with Crippen LogP contribution in [0.1, 0.15) is 16.1 Å². The molecule has 1 saturated heterocycles. The number of carbonyl (C=O) groups excluding carboxylic acids is 2. The Balaban J connectivity index is 1.58. The maximum Gasteiger partial charge on any atom is 0.433 e. The Morgan fingerprint density at radius 1 is 1.32 bits per heavy atom. The third-order valence-electron chi connectivity index (χ3n) is 4.05. The molecule has 1 N–H and O–H groups in total. The molecule has 0 spiro atoms. The molecule has 1 aromatic carbocycles. The number of anilines is 1. The molecule has 1 aliphatic heterocycles. The van der Waals surface area contributed by atoms with Gasteiger partial charge in [0, 0.05) is 23.8 Å². The third kappa shape index (κ3) is 3.34. The number of nitrogens with zero attached hydrogens (tertiary/aromatic N) is 2. The molecule has 25 heavy (non-hydrogen) atoms. The highest BCUT2D eigenvalue weighted by Gasteiger charge is 2.37. The van der Waals surface area contributed by atoms with Crippen molar-refractivity contribution in [2.75, 3.05) is 18.4 Å². The van der Waals surface area contributed by atoms with Gasteiger partial charge in [-0.15, -0.1) is 0 Å². The van der Waals surface area contributed by atoms with Gasteiger partial charge in [-0.25, -0.2) is 0 Å². The number of hydrogen-bond acceptors (Lipinski definition) is 5. The number of furan rings is 1. The van der Waals surface area contributed by atoms with E-state index in [1.165, 1.54) is 11.0 Å². The van der Waals surface area contributed by atoms with Gasteiger partial charge in [0.1, 0.15) is 4.92 Å². The monoisotopic (exact) mass is 363 g/mol. The van der Waals surface area contributed by atoms with Crippen molar-refractivity contribution in [3.05, 3.63) is 56.8 Å². The first-order chi connectivity index (χ1) is 11.9. The Morgan fingerprint density at radius 2 is 2.04 bits per heavy atom. The van der Waals surface area contributed by atoms with Crippen LogP contribution in [0.4, 0.5) is 11.6 Å². The highest BCUT2D eigenvalue weighted by Crippen LogP contribution is 2.26. The van der Waals surface area contributed by atoms with Crippen molar-refractivity contribution < 1.29 is 18.9 Å². The normalized spacial score (nSPS) is 14.1. The van der Waals surface area contributed by atoms with E-state index in [4.69, 9.17) is 16.0 Å². The lowest BCUT2D eigenvalue weighted by atomic mass is 9.98. The van der Waals surface area contributed by atoms with Crippen LogP contribution in [0.2, 0.25) is 5.02 Å². The molecule has 2 aromatic rings. The molecular weight excluding hydrogens is 350 g/mol. The van der Waals surface area contributed by atoms with Gasteiger partial charge in [0.25, 0.3) is 5.91 Å². The molecule has 0 atom stereocenters. The number of carbonyl (C=O) groups is 2. The van der Waals surface area contributed by atoms with Gasteiger partial charge in [0.05, 0.1) is 12.0 Å². The number of halogens is 1. The van der Waals surface area contributed by atoms with Crippen LogP contribution in [0.25, 0.3) is 0 Å². The summed E-state index contributed by atoms with van der Waals surface area (Å²) < 4.78 is 4.88. The summed E-state index contributed by atoms with van der Waals surface area (Å²) in [6, 6.07) is 7.61. The Bertz CT molecular complexity index is 857. The molecule has 9 heteroatoms. The fourth-order valence-electron chi connectivity index (χ4n) is 2.48. The lowest BCUT2D eigenvalue weighted by Crippen LogP contribution is -2.54. The van der Waals surface area contributed by atoms with E-state index in [1.54, 1.807) is 25.1 Å². The number of nitrogens with one attached hydrogen (secondary N) is 1. The van der Waals surface area contributed by atoms with E-state index in [2.05, 4.69) is 5.32 Å². The van der Waals surface area contributed by atoms with Crippen LogP contribution in [0.15, 0.2) is 34.7 Å². The van der Waals surface area contributed by atoms with E-state index in [0.29, 0.717) is 10.7 Å². The van der Waals surface area contributed by atoms with Gasteiger partial charge in [0.2, 0.25) is 5.91 Å². The Hall–Kier alpha value is -2.87. The van der Waals surface area contributed by atoms with Crippen molar-refractivity contribution in [3.63, 3.8) is 0 Å². The molecule has 8 nitrogen and oxygen atoms in total. The predicted molar refractivity (Wildman–Crippen MR) is 89.6 cm³/mol. The number of hydrogen-bond donors (Lipinski definition) is 1. The van der Waals surface area contributed by atoms with E-state index >= 15 is 0 Å². The molecule has 0 unspecified atom stereocenters. The molecule has 1 aromatic heterocycles. The summed E-state index contributed by atoms with van der Waals surface area (Å²) in [6.07, 6.45) is 0. The first-order valence-corrected chi connectivity index (χ1v) is 7.84. The zero-order valence-electron chi connectivity index (χ0n) is 13.2. The molecule has 1 fully saturated rings. The van der Waals surface area contributed by atoms with Crippen LogP contribution in [-0.2, 0) is 4.79 Å². The standard InChI is InChI=1S/C16H14ClN3O5/c1-9-11(17)3-2-4-12(9)18-15(21)10-7-19(8-10)16(22)13-5-6-14(25-13)20(23)24/h2-6,10H,7-8H2,1H3,(H,18,21). The number of nitro groups is 1. The first-order valence-electron chi connectivity index (χ1n) is 7.46. The maximum absolute atomic E-state index is 12.3. The second-order valence-corrected chi connectivity index (χ2v) is 6.11. The van der Waals surface area contributed by atoms with Crippen molar-refractivity contribution in [1.29, 1.82) is 0 Å². The van der Waals surface area contributed by atoms with Crippen molar-refractivity contribution >= 4 is 35.0 Å². The van der Waals surface area contributed by atoms with Crippen LogP contribution in [0.3, 0.4) is 0 Å². The summed E-state index contributed by atoms with van der Waals surface area (Å²) in [5.41, 5.74) is 1.40. The summed E-state index contributed by atoms with van der Waals surface area (Å²) in [5.74, 6) is -1.64. The van der Waals surface area contributed by atoms with Crippen LogP contribution in [0, 0.1) is 23.0 Å². The van der Waals surface area contributed by atoms with Gasteiger partial charge < -0.3 is 14.6 Å². The Morgan fingerprint density at radius 3 is 2.68 bits per heavy atom. The van der Waals surface area contributed by atoms with Gasteiger partial charge in [-0.05, 0) is 30.7 Å². The van der Waals surface area contributed by atoms with Gasteiger partial charge >= 0.3 is 5.88 Å². The first kappa shape index (κ1) is 17.0. The van der Waals surface area contributed by atoms with Crippen molar-refractivity contribution in [3.8, 4) is 0 Å². The average Bonchev–Trinajstić information content (AvgIpc) is 3.00. The lowest BCUT2D eigenvalue weighted by molar-refractivity contribution is -0.402. The molecule has 130 valence electrons. The second kappa shape index (κ2) is 6.56. The van der Waals surface area contributed by atoms with E-state index < -0.39 is 16.7 Å². The van der Waals surface area contributed by atoms with E-state index in [1.807, 2.05) is 0 Å². The van der Waals surface area contributed by atoms with Gasteiger partial charge in [0.15, 0.2) is 5.76 Å². The highest BCUT2D eigenvalue weighted by atomic mass is 35.5. The lowest BCUT2D eigenvalue weighted by Gasteiger charge is -2.37. The van der Waals surface area contributed by atoms with Crippen molar-refractivity contribution in [2.24, 2.45) is 5.92 Å². The zero-order chi connectivity index (χ0) is 18.1. The topological polar surface area (TPSA) is 106 Å². The minimum Gasteiger partial charge on any atom is -0.395 e. The molecule has 1 aliphatic rings. The fourth-order valence-corrected chi connectivity index (χ4v) is 2.66. The SMILES string of the molecule is Cc1c(Cl)cccc1NC(=O)C1CN(C(=O)c2ccc([N+](=O)[O-])o2)C1. The molecule has 0 saturated carbocycles. The smallest absolute Gasteiger partial charge is 0.395 e. The second-order valence-electron chi connectivity index (χ2n) is 5.70. The molecule has 0 radical (unpaired) electrons. The fraction of sp³-hybridized carbons (Fsp3) is 0.250. The number of benzene rings is 1. The zero-order valence-corrected chi connectivity index (χ0v) is 13.9. The van der Waals surface area contributed by atoms with Crippen LogP contribution in [-0.4, -0.2) is 34.7 Å². The highest BCUT2D eigenvalue weighted by molar-refractivity contribution is 6.31. The minimum absolute atomic E-state index is 0.115. The maximum atomic E-state index is 12.3. The predicted octanol–water partition coefficient (Wildman–Crippen LogP) is 2.86. The van der Waals surface area contributed by atoms with Crippen LogP contribution >= 0.6 is 11.6 Å². The number of likely N-dealkylation sites (tertiary alicyclic amines) is 1. The van der Waals surface area contributed by atoms with E-state index in [-0.39, 0.29) is 30.7 Å². The number of amides is 2. The van der Waals surface area contributed by atoms with Crippen LogP contribution < -0.4 is 5.32 Å². The van der Waals surface area contributed by atoms with Crippen molar-refractivity contribution in [1.82, 2.24) is 4.90 Å². The number of rotatable bonds is 4. The summed E-state index contributed by atoms with van der Waals surface area (Å²) in [6.45, 7) is 2.25. The quantitative estimate of drug-likeness (QED) is 0.664. The molecule has 2 heterocycles. The van der Waals surface area contributed by atoms with E-state index in [9.17, 15) is 19.7 Å². The average molecular weight is 364 g/mol. The minimum atomic E-state index is -0.712. The largest absolute Gasteiger partial charge is 0.433 e.